The molecule has 2 rings (SSSR count). The van der Waals surface area contributed by atoms with Crippen LogP contribution in [0.5, 0.6) is 11.5 Å². The number of rotatable bonds is 4. The molecule has 1 saturated heterocycles. The van der Waals surface area contributed by atoms with E-state index in [0.29, 0.717) is 0 Å². The zero-order valence-electron chi connectivity index (χ0n) is 10.7. The molecule has 0 aromatic heterocycles. The summed E-state index contributed by atoms with van der Waals surface area (Å²) < 4.78 is 10.8. The SMILES string of the molecule is COc1cccc(CC2CCNCC2)c1OC. The van der Waals surface area contributed by atoms with Crippen LogP contribution >= 0.6 is 0 Å². The van der Waals surface area contributed by atoms with Crippen LogP contribution < -0.4 is 14.8 Å². The lowest BCUT2D eigenvalue weighted by Crippen LogP contribution is -2.28. The van der Waals surface area contributed by atoms with E-state index in [1.165, 1.54) is 18.4 Å². The van der Waals surface area contributed by atoms with E-state index in [-0.39, 0.29) is 0 Å². The van der Waals surface area contributed by atoms with Crippen LogP contribution in [0.4, 0.5) is 0 Å². The molecule has 3 nitrogen and oxygen atoms in total. The molecule has 0 spiro atoms. The normalized spacial score (nSPS) is 16.8. The Morgan fingerprint density at radius 2 is 1.94 bits per heavy atom. The Hall–Kier alpha value is -1.22. The molecule has 1 heterocycles. The van der Waals surface area contributed by atoms with E-state index in [1.54, 1.807) is 14.2 Å². The highest BCUT2D eigenvalue weighted by Crippen LogP contribution is 2.33. The second kappa shape index (κ2) is 5.92. The molecule has 3 heteroatoms. The first-order valence-electron chi connectivity index (χ1n) is 6.25. The molecule has 1 aromatic rings. The molecule has 1 aromatic carbocycles. The maximum atomic E-state index is 5.47. The second-order valence-corrected chi connectivity index (χ2v) is 4.55. The van der Waals surface area contributed by atoms with Crippen LogP contribution in [-0.2, 0) is 6.42 Å². The number of nitrogens with one attached hydrogen (secondary N) is 1. The van der Waals surface area contributed by atoms with Crippen LogP contribution in [0.2, 0.25) is 0 Å². The highest BCUT2D eigenvalue weighted by atomic mass is 16.5. The minimum atomic E-state index is 0.761. The van der Waals surface area contributed by atoms with Gasteiger partial charge in [-0.15, -0.1) is 0 Å². The third-order valence-corrected chi connectivity index (χ3v) is 3.45. The number of benzene rings is 1. The Labute approximate surface area is 103 Å². The molecule has 0 aliphatic carbocycles. The summed E-state index contributed by atoms with van der Waals surface area (Å²) in [7, 11) is 3.40. The maximum Gasteiger partial charge on any atom is 0.163 e. The third-order valence-electron chi connectivity index (χ3n) is 3.45. The van der Waals surface area contributed by atoms with E-state index >= 15 is 0 Å². The summed E-state index contributed by atoms with van der Waals surface area (Å²) in [5.41, 5.74) is 1.26. The summed E-state index contributed by atoms with van der Waals surface area (Å²) in [5, 5.41) is 3.40. The van der Waals surface area contributed by atoms with Gasteiger partial charge in [-0.05, 0) is 49.9 Å². The highest BCUT2D eigenvalue weighted by molar-refractivity contribution is 5.46. The number of methoxy groups -OCH3 is 2. The summed E-state index contributed by atoms with van der Waals surface area (Å²) in [5.74, 6) is 2.49. The number of para-hydroxylation sites is 1. The Morgan fingerprint density at radius 1 is 1.18 bits per heavy atom. The van der Waals surface area contributed by atoms with Crippen molar-refractivity contribution in [2.45, 2.75) is 19.3 Å². The van der Waals surface area contributed by atoms with E-state index in [9.17, 15) is 0 Å². The summed E-state index contributed by atoms with van der Waals surface area (Å²) in [6.45, 7) is 2.27. The lowest BCUT2D eigenvalue weighted by atomic mass is 9.90. The van der Waals surface area contributed by atoms with Gasteiger partial charge in [0.15, 0.2) is 11.5 Å². The topological polar surface area (TPSA) is 30.5 Å². The van der Waals surface area contributed by atoms with E-state index in [2.05, 4.69) is 11.4 Å². The van der Waals surface area contributed by atoms with Gasteiger partial charge in [-0.3, -0.25) is 0 Å². The van der Waals surface area contributed by atoms with Crippen molar-refractivity contribution in [3.8, 4) is 11.5 Å². The van der Waals surface area contributed by atoms with Crippen molar-refractivity contribution in [3.05, 3.63) is 23.8 Å². The Morgan fingerprint density at radius 3 is 2.59 bits per heavy atom. The van der Waals surface area contributed by atoms with Gasteiger partial charge in [0, 0.05) is 0 Å². The van der Waals surface area contributed by atoms with E-state index in [0.717, 1.165) is 36.9 Å². The van der Waals surface area contributed by atoms with Crippen molar-refractivity contribution < 1.29 is 9.47 Å². The Bertz CT molecular complexity index is 359. The summed E-state index contributed by atoms with van der Waals surface area (Å²) in [6, 6.07) is 6.13. The Kier molecular flexibility index (Phi) is 4.26. The Balaban J connectivity index is 2.13. The molecule has 1 fully saturated rings. The van der Waals surface area contributed by atoms with Crippen LogP contribution in [0.15, 0.2) is 18.2 Å². The van der Waals surface area contributed by atoms with Crippen molar-refractivity contribution in [1.82, 2.24) is 5.32 Å². The average Bonchev–Trinajstić information content (AvgIpc) is 2.39. The van der Waals surface area contributed by atoms with Crippen molar-refractivity contribution >= 4 is 0 Å². The van der Waals surface area contributed by atoms with Gasteiger partial charge >= 0.3 is 0 Å². The maximum absolute atomic E-state index is 5.47. The monoisotopic (exact) mass is 235 g/mol. The molecule has 0 amide bonds. The molecule has 94 valence electrons. The molecule has 17 heavy (non-hydrogen) atoms. The van der Waals surface area contributed by atoms with E-state index < -0.39 is 0 Å². The zero-order chi connectivity index (χ0) is 12.1. The first kappa shape index (κ1) is 12.2. The van der Waals surface area contributed by atoms with Crippen LogP contribution in [0.1, 0.15) is 18.4 Å². The van der Waals surface area contributed by atoms with Gasteiger partial charge in [-0.1, -0.05) is 12.1 Å². The molecule has 0 saturated carbocycles. The van der Waals surface area contributed by atoms with Gasteiger partial charge in [0.25, 0.3) is 0 Å². The van der Waals surface area contributed by atoms with Crippen LogP contribution in [0, 0.1) is 5.92 Å². The van der Waals surface area contributed by atoms with Crippen molar-refractivity contribution in [2.24, 2.45) is 5.92 Å². The minimum Gasteiger partial charge on any atom is -0.493 e. The fraction of sp³-hybridized carbons (Fsp3) is 0.571. The molecule has 1 N–H and O–H groups in total. The first-order chi connectivity index (χ1) is 8.35. The second-order valence-electron chi connectivity index (χ2n) is 4.55. The highest BCUT2D eigenvalue weighted by Gasteiger charge is 2.17. The van der Waals surface area contributed by atoms with E-state index in [1.807, 2.05) is 12.1 Å². The van der Waals surface area contributed by atoms with Gasteiger partial charge in [0.2, 0.25) is 0 Å². The van der Waals surface area contributed by atoms with Gasteiger partial charge < -0.3 is 14.8 Å². The molecular formula is C14H21NO2. The fourth-order valence-corrected chi connectivity index (χ4v) is 2.51. The van der Waals surface area contributed by atoms with Crippen molar-refractivity contribution in [3.63, 3.8) is 0 Å². The van der Waals surface area contributed by atoms with Crippen LogP contribution in [0.3, 0.4) is 0 Å². The molecule has 0 radical (unpaired) electrons. The summed E-state index contributed by atoms with van der Waals surface area (Å²) >= 11 is 0. The predicted molar refractivity (Wildman–Crippen MR) is 68.8 cm³/mol. The summed E-state index contributed by atoms with van der Waals surface area (Å²) in [6.07, 6.45) is 3.59. The molecular weight excluding hydrogens is 214 g/mol. The van der Waals surface area contributed by atoms with Gasteiger partial charge in [0.05, 0.1) is 14.2 Å². The van der Waals surface area contributed by atoms with Crippen molar-refractivity contribution in [2.75, 3.05) is 27.3 Å². The lowest BCUT2D eigenvalue weighted by Gasteiger charge is -2.23. The van der Waals surface area contributed by atoms with Crippen LogP contribution in [0.25, 0.3) is 0 Å². The van der Waals surface area contributed by atoms with Gasteiger partial charge in [-0.2, -0.15) is 0 Å². The number of piperidine rings is 1. The fourth-order valence-electron chi connectivity index (χ4n) is 2.51. The lowest BCUT2D eigenvalue weighted by molar-refractivity contribution is 0.339. The van der Waals surface area contributed by atoms with Crippen molar-refractivity contribution in [1.29, 1.82) is 0 Å². The molecule has 1 aliphatic heterocycles. The van der Waals surface area contributed by atoms with Crippen LogP contribution in [-0.4, -0.2) is 27.3 Å². The standard InChI is InChI=1S/C14H21NO2/c1-16-13-5-3-4-12(14(13)17-2)10-11-6-8-15-9-7-11/h3-5,11,15H,6-10H2,1-2H3. The van der Waals surface area contributed by atoms with Gasteiger partial charge in [0.1, 0.15) is 0 Å². The third kappa shape index (κ3) is 2.91. The summed E-state index contributed by atoms with van der Waals surface area (Å²) in [4.78, 5) is 0. The largest absolute Gasteiger partial charge is 0.493 e. The predicted octanol–water partition coefficient (Wildman–Crippen LogP) is 2.25. The smallest absolute Gasteiger partial charge is 0.163 e. The minimum absolute atomic E-state index is 0.761. The molecule has 0 bridgehead atoms. The van der Waals surface area contributed by atoms with Gasteiger partial charge in [-0.25, -0.2) is 0 Å². The number of hydrogen-bond acceptors (Lipinski definition) is 3. The van der Waals surface area contributed by atoms with E-state index in [4.69, 9.17) is 9.47 Å². The zero-order valence-corrected chi connectivity index (χ0v) is 10.7. The average molecular weight is 235 g/mol. The molecule has 0 atom stereocenters. The number of hydrogen-bond donors (Lipinski definition) is 1. The molecule has 1 aliphatic rings. The molecule has 0 unspecified atom stereocenters. The first-order valence-corrected chi connectivity index (χ1v) is 6.25. The number of ether oxygens (including phenoxy) is 2. The quantitative estimate of drug-likeness (QED) is 0.868.